The molecular formula is C29H40Cl2LiO3P. The van der Waals surface area contributed by atoms with Gasteiger partial charge in [0.1, 0.15) is 5.75 Å². The van der Waals surface area contributed by atoms with E-state index in [2.05, 4.69) is 27.7 Å². The van der Waals surface area contributed by atoms with Crippen molar-refractivity contribution in [1.82, 2.24) is 0 Å². The molecule has 0 bridgehead atoms. The van der Waals surface area contributed by atoms with Crippen LogP contribution in [0.4, 0.5) is 0 Å². The Hall–Kier alpha value is -0.683. The predicted molar refractivity (Wildman–Crippen MR) is 151 cm³/mol. The molecule has 3 nitrogen and oxygen atoms in total. The molecule has 2 unspecified atom stereocenters. The third-order valence-corrected chi connectivity index (χ3v) is 8.04. The van der Waals surface area contributed by atoms with Crippen LogP contribution in [0.1, 0.15) is 89.4 Å². The summed E-state index contributed by atoms with van der Waals surface area (Å²) < 4.78 is 12.5. The van der Waals surface area contributed by atoms with Crippen molar-refractivity contribution >= 4 is 42.6 Å². The van der Waals surface area contributed by atoms with E-state index >= 15 is 0 Å². The van der Waals surface area contributed by atoms with Gasteiger partial charge in [0.25, 0.3) is 0 Å². The standard InChI is InChI=1S/C29H40Cl2O3P.Li/c1-5-9-12-21(7-3)19-33-23-16-17-27(26(18-23)34-20-22(8-4)13-10-6-2)35-29(32)28-24(30)14-11-15-25(28)31;/h11,14-18,21-22H,5-10,12-13,19-20H2,1-4H3;/q-1;+1. The van der Waals surface area contributed by atoms with Crippen LogP contribution in [0.25, 0.3) is 0 Å². The number of hydrogen-bond donors (Lipinski definition) is 0. The van der Waals surface area contributed by atoms with Crippen molar-refractivity contribution in [3.63, 3.8) is 0 Å². The van der Waals surface area contributed by atoms with Crippen LogP contribution in [0, 0.1) is 11.8 Å². The zero-order valence-corrected chi connectivity index (χ0v) is 25.0. The average Bonchev–Trinajstić information content (AvgIpc) is 2.85. The zero-order chi connectivity index (χ0) is 25.6. The Morgan fingerprint density at radius 3 is 1.94 bits per heavy atom. The second kappa shape index (κ2) is 18.5. The van der Waals surface area contributed by atoms with E-state index in [1.54, 1.807) is 18.2 Å². The first-order chi connectivity index (χ1) is 16.9. The third-order valence-electron chi connectivity index (χ3n) is 6.38. The minimum Gasteiger partial charge on any atom is -0.496 e. The predicted octanol–water partition coefficient (Wildman–Crippen LogP) is 6.60. The topological polar surface area (TPSA) is 35.5 Å². The molecule has 0 fully saturated rings. The molecule has 0 spiro atoms. The maximum Gasteiger partial charge on any atom is 1.00 e. The van der Waals surface area contributed by atoms with E-state index in [-0.39, 0.29) is 24.4 Å². The fourth-order valence-electron chi connectivity index (χ4n) is 3.88. The van der Waals surface area contributed by atoms with Crippen molar-refractivity contribution in [2.24, 2.45) is 11.8 Å². The summed E-state index contributed by atoms with van der Waals surface area (Å²) in [6, 6.07) is 10.9. The first kappa shape index (κ1) is 33.3. The molecule has 0 aromatic heterocycles. The van der Waals surface area contributed by atoms with E-state index in [1.165, 1.54) is 32.1 Å². The number of carbonyl (C=O) groups excluding carboxylic acids is 1. The Kier molecular flexibility index (Phi) is 17.2. The van der Waals surface area contributed by atoms with Crippen LogP contribution in [-0.4, -0.2) is 18.7 Å². The van der Waals surface area contributed by atoms with Crippen LogP contribution in [0.2, 0.25) is 10.0 Å². The van der Waals surface area contributed by atoms with Gasteiger partial charge in [-0.2, -0.15) is 5.30 Å². The van der Waals surface area contributed by atoms with Gasteiger partial charge in [0, 0.05) is 17.2 Å². The second-order valence-electron chi connectivity index (χ2n) is 9.10. The van der Waals surface area contributed by atoms with Crippen molar-refractivity contribution in [3.05, 3.63) is 52.0 Å². The number of halogens is 2. The van der Waals surface area contributed by atoms with Gasteiger partial charge in [-0.25, -0.2) is 0 Å². The molecule has 0 N–H and O–H groups in total. The summed E-state index contributed by atoms with van der Waals surface area (Å²) in [7, 11) is 0.473. The molecule has 2 rings (SSSR count). The molecule has 0 aliphatic carbocycles. The number of unbranched alkanes of at least 4 members (excludes halogenated alkanes) is 2. The fraction of sp³-hybridized carbons (Fsp3) is 0.552. The maximum atomic E-state index is 13.1. The van der Waals surface area contributed by atoms with E-state index in [0.717, 1.165) is 30.3 Å². The van der Waals surface area contributed by atoms with Crippen LogP contribution in [0.15, 0.2) is 36.4 Å². The molecule has 2 aromatic carbocycles. The Morgan fingerprint density at radius 2 is 1.42 bits per heavy atom. The van der Waals surface area contributed by atoms with E-state index in [9.17, 15) is 4.79 Å². The number of rotatable bonds is 17. The number of hydrogen-bond acceptors (Lipinski definition) is 3. The van der Waals surface area contributed by atoms with Gasteiger partial charge in [0.2, 0.25) is 0 Å². The Labute approximate surface area is 242 Å². The van der Waals surface area contributed by atoms with E-state index < -0.39 is 0 Å². The molecule has 0 saturated carbocycles. The van der Waals surface area contributed by atoms with Gasteiger partial charge in [0.05, 0.1) is 29.0 Å². The van der Waals surface area contributed by atoms with Gasteiger partial charge in [-0.1, -0.05) is 102 Å². The van der Waals surface area contributed by atoms with Crippen LogP contribution >= 0.6 is 31.8 Å². The summed E-state index contributed by atoms with van der Waals surface area (Å²) in [5.41, 5.74) is 0.197. The summed E-state index contributed by atoms with van der Waals surface area (Å²) >= 11 is 12.6. The molecule has 0 amide bonds. The fourth-order valence-corrected chi connectivity index (χ4v) is 5.54. The second-order valence-corrected chi connectivity index (χ2v) is 11.0. The Balaban J connectivity index is 0.00000648. The minimum absolute atomic E-state index is 0. The van der Waals surface area contributed by atoms with Crippen molar-refractivity contribution < 1.29 is 33.1 Å². The van der Waals surface area contributed by atoms with Crippen LogP contribution < -0.4 is 33.6 Å². The monoisotopic (exact) mass is 544 g/mol. The van der Waals surface area contributed by atoms with E-state index in [4.69, 9.17) is 32.7 Å². The molecule has 0 heterocycles. The number of carbonyl (C=O) groups is 1. The Morgan fingerprint density at radius 1 is 0.861 bits per heavy atom. The van der Waals surface area contributed by atoms with Crippen LogP contribution in [-0.2, 0) is 0 Å². The summed E-state index contributed by atoms with van der Waals surface area (Å²) in [5, 5.41) is 1.52. The first-order valence-corrected chi connectivity index (χ1v) is 14.7. The maximum absolute atomic E-state index is 13.1. The molecule has 7 heteroatoms. The van der Waals surface area contributed by atoms with Crippen LogP contribution in [0.5, 0.6) is 11.5 Å². The zero-order valence-electron chi connectivity index (χ0n) is 22.6. The molecule has 0 aliphatic rings. The van der Waals surface area contributed by atoms with Gasteiger partial charge in [0.15, 0.2) is 0 Å². The molecule has 0 aliphatic heterocycles. The number of ether oxygens (including phenoxy) is 2. The first-order valence-electron chi connectivity index (χ1n) is 13.0. The Bertz CT molecular complexity index is 905. The van der Waals surface area contributed by atoms with Crippen LogP contribution in [0.3, 0.4) is 0 Å². The SMILES string of the molecule is CCCCC(CC)COc1ccc([P-]C(=O)c2c(Cl)cccc2Cl)c(OCC(CC)CCCC)c1.[Li+]. The van der Waals surface area contributed by atoms with Gasteiger partial charge in [-0.15, -0.1) is 0 Å². The molecule has 194 valence electrons. The molecular weight excluding hydrogens is 505 g/mol. The average molecular weight is 545 g/mol. The van der Waals surface area contributed by atoms with Gasteiger partial charge in [-0.3, -0.25) is 0 Å². The summed E-state index contributed by atoms with van der Waals surface area (Å²) in [6.45, 7) is 10.2. The van der Waals surface area contributed by atoms with Crippen molar-refractivity contribution in [2.45, 2.75) is 79.1 Å². The largest absolute Gasteiger partial charge is 1.00 e. The quantitative estimate of drug-likeness (QED) is 0.166. The van der Waals surface area contributed by atoms with Crippen molar-refractivity contribution in [1.29, 1.82) is 0 Å². The van der Waals surface area contributed by atoms with Crippen molar-refractivity contribution in [3.8, 4) is 11.5 Å². The molecule has 0 saturated heterocycles. The summed E-state index contributed by atoms with van der Waals surface area (Å²) in [4.78, 5) is 13.1. The molecule has 2 atom stereocenters. The van der Waals surface area contributed by atoms with Gasteiger partial charge in [-0.05, 0) is 42.9 Å². The van der Waals surface area contributed by atoms with E-state index in [1.807, 2.05) is 18.2 Å². The van der Waals surface area contributed by atoms with Gasteiger partial charge < -0.3 is 22.8 Å². The van der Waals surface area contributed by atoms with Gasteiger partial charge >= 0.3 is 18.9 Å². The molecule has 2 aromatic rings. The summed E-state index contributed by atoms with van der Waals surface area (Å²) in [6.07, 6.45) is 9.26. The van der Waals surface area contributed by atoms with Crippen molar-refractivity contribution in [2.75, 3.05) is 13.2 Å². The number of benzene rings is 2. The van der Waals surface area contributed by atoms with E-state index in [0.29, 0.717) is 55.0 Å². The minimum atomic E-state index is -0.150. The molecule has 0 radical (unpaired) electrons. The smallest absolute Gasteiger partial charge is 0.496 e. The third kappa shape index (κ3) is 11.0. The molecule has 36 heavy (non-hydrogen) atoms. The summed E-state index contributed by atoms with van der Waals surface area (Å²) in [5.74, 6) is 2.49. The normalized spacial score (nSPS) is 12.8.